The Bertz CT molecular complexity index is 617. The van der Waals surface area contributed by atoms with E-state index in [0.717, 1.165) is 37.1 Å². The zero-order valence-corrected chi connectivity index (χ0v) is 14.0. The van der Waals surface area contributed by atoms with Crippen LogP contribution in [-0.4, -0.2) is 29.5 Å². The molecule has 1 aliphatic rings. The van der Waals surface area contributed by atoms with Crippen molar-refractivity contribution in [3.63, 3.8) is 0 Å². The molecule has 0 saturated carbocycles. The quantitative estimate of drug-likeness (QED) is 0.892. The summed E-state index contributed by atoms with van der Waals surface area (Å²) >= 11 is 3.56. The molecule has 21 heavy (non-hydrogen) atoms. The van der Waals surface area contributed by atoms with Crippen LogP contribution in [0.25, 0.3) is 10.9 Å². The molecule has 0 aliphatic carbocycles. The first-order valence-corrected chi connectivity index (χ1v) is 8.42. The molecule has 3 rings (SSSR count). The Hall–Kier alpha value is -0.840. The van der Waals surface area contributed by atoms with Crippen LogP contribution in [0.4, 0.5) is 0 Å². The van der Waals surface area contributed by atoms with Crippen LogP contribution < -0.4 is 0 Å². The molecule has 1 fully saturated rings. The molecular weight excluding hydrogens is 330 g/mol. The molecule has 2 heterocycles. The lowest BCUT2D eigenvalue weighted by Crippen LogP contribution is -2.10. The van der Waals surface area contributed by atoms with Gasteiger partial charge in [0.15, 0.2) is 0 Å². The van der Waals surface area contributed by atoms with Crippen LogP contribution in [-0.2, 0) is 17.7 Å². The van der Waals surface area contributed by atoms with E-state index in [1.807, 2.05) is 0 Å². The van der Waals surface area contributed by atoms with Crippen molar-refractivity contribution in [1.29, 1.82) is 0 Å². The largest absolute Gasteiger partial charge is 0.396 e. The standard InChI is InChI=1S/C17H22BrNO2/c1-12(10-20)8-19-9-14(6-13-4-5-21-11-13)16-3-2-15(18)7-17(16)19/h2-3,7,9,12-13,20H,4-6,8,10-11H2,1H3/t12-,13?/m0/s1. The van der Waals surface area contributed by atoms with Crippen molar-refractivity contribution in [3.8, 4) is 0 Å². The number of fused-ring (bicyclic) bond motifs is 1. The van der Waals surface area contributed by atoms with Gasteiger partial charge in [-0.05, 0) is 42.4 Å². The van der Waals surface area contributed by atoms with Gasteiger partial charge >= 0.3 is 0 Å². The summed E-state index contributed by atoms with van der Waals surface area (Å²) in [5.41, 5.74) is 2.65. The number of aromatic nitrogens is 1. The smallest absolute Gasteiger partial charge is 0.0498 e. The lowest BCUT2D eigenvalue weighted by Gasteiger charge is -2.10. The Morgan fingerprint density at radius 3 is 3.05 bits per heavy atom. The number of rotatable bonds is 5. The van der Waals surface area contributed by atoms with Gasteiger partial charge in [0.2, 0.25) is 0 Å². The third-order valence-corrected chi connectivity index (χ3v) is 4.77. The highest BCUT2D eigenvalue weighted by Gasteiger charge is 2.19. The van der Waals surface area contributed by atoms with E-state index in [4.69, 9.17) is 4.74 Å². The van der Waals surface area contributed by atoms with Crippen LogP contribution in [0.5, 0.6) is 0 Å². The molecule has 3 nitrogen and oxygen atoms in total. The fraction of sp³-hybridized carbons (Fsp3) is 0.529. The van der Waals surface area contributed by atoms with Crippen molar-refractivity contribution in [1.82, 2.24) is 4.57 Å². The van der Waals surface area contributed by atoms with Crippen molar-refractivity contribution in [2.75, 3.05) is 19.8 Å². The minimum absolute atomic E-state index is 0.222. The van der Waals surface area contributed by atoms with Gasteiger partial charge < -0.3 is 14.4 Å². The Labute approximate surface area is 134 Å². The second kappa shape index (κ2) is 6.51. The zero-order valence-electron chi connectivity index (χ0n) is 12.4. The van der Waals surface area contributed by atoms with E-state index in [1.54, 1.807) is 0 Å². The minimum atomic E-state index is 0.222. The number of benzene rings is 1. The van der Waals surface area contributed by atoms with Gasteiger partial charge in [0.1, 0.15) is 0 Å². The predicted molar refractivity (Wildman–Crippen MR) is 88.5 cm³/mol. The van der Waals surface area contributed by atoms with Gasteiger partial charge in [-0.1, -0.05) is 28.9 Å². The highest BCUT2D eigenvalue weighted by molar-refractivity contribution is 9.10. The van der Waals surface area contributed by atoms with Crippen molar-refractivity contribution in [2.45, 2.75) is 26.3 Å². The fourth-order valence-electron chi connectivity index (χ4n) is 3.10. The third-order valence-electron chi connectivity index (χ3n) is 4.28. The molecule has 1 aliphatic heterocycles. The highest BCUT2D eigenvalue weighted by atomic mass is 79.9. The summed E-state index contributed by atoms with van der Waals surface area (Å²) in [5, 5.41) is 10.6. The lowest BCUT2D eigenvalue weighted by molar-refractivity contribution is 0.186. The van der Waals surface area contributed by atoms with Gasteiger partial charge in [0.05, 0.1) is 0 Å². The van der Waals surface area contributed by atoms with E-state index < -0.39 is 0 Å². The van der Waals surface area contributed by atoms with Gasteiger partial charge in [0, 0.05) is 47.9 Å². The first-order chi connectivity index (χ1) is 10.2. The van der Waals surface area contributed by atoms with E-state index in [9.17, 15) is 5.11 Å². The monoisotopic (exact) mass is 351 g/mol. The second-order valence-electron chi connectivity index (χ2n) is 6.19. The topological polar surface area (TPSA) is 34.4 Å². The fourth-order valence-corrected chi connectivity index (χ4v) is 3.45. The molecule has 0 spiro atoms. The first-order valence-electron chi connectivity index (χ1n) is 7.63. The lowest BCUT2D eigenvalue weighted by atomic mass is 9.98. The summed E-state index contributed by atoms with van der Waals surface area (Å²) in [4.78, 5) is 0. The van der Waals surface area contributed by atoms with Crippen LogP contribution in [0.15, 0.2) is 28.9 Å². The summed E-state index contributed by atoms with van der Waals surface area (Å²) in [5.74, 6) is 0.908. The normalized spacial score (nSPS) is 20.2. The molecule has 4 heteroatoms. The summed E-state index contributed by atoms with van der Waals surface area (Å²) in [6.45, 7) is 4.94. The maximum atomic E-state index is 9.32. The van der Waals surface area contributed by atoms with Gasteiger partial charge in [-0.25, -0.2) is 0 Å². The van der Waals surface area contributed by atoms with Gasteiger partial charge in [0.25, 0.3) is 0 Å². The van der Waals surface area contributed by atoms with E-state index in [-0.39, 0.29) is 12.5 Å². The van der Waals surface area contributed by atoms with E-state index in [2.05, 4.69) is 51.8 Å². The number of hydrogen-bond acceptors (Lipinski definition) is 2. The molecule has 0 bridgehead atoms. The van der Waals surface area contributed by atoms with E-state index >= 15 is 0 Å². The number of aliphatic hydroxyl groups excluding tert-OH is 1. The van der Waals surface area contributed by atoms with Gasteiger partial charge in [-0.15, -0.1) is 0 Å². The molecule has 2 atom stereocenters. The van der Waals surface area contributed by atoms with Crippen molar-refractivity contribution in [3.05, 3.63) is 34.4 Å². The first kappa shape index (κ1) is 15.1. The number of nitrogens with zero attached hydrogens (tertiary/aromatic N) is 1. The van der Waals surface area contributed by atoms with Crippen molar-refractivity contribution >= 4 is 26.8 Å². The maximum absolute atomic E-state index is 9.32. The zero-order chi connectivity index (χ0) is 14.8. The molecule has 1 saturated heterocycles. The molecule has 0 radical (unpaired) electrons. The molecule has 1 aromatic heterocycles. The van der Waals surface area contributed by atoms with Crippen molar-refractivity contribution in [2.24, 2.45) is 11.8 Å². The van der Waals surface area contributed by atoms with E-state index in [0.29, 0.717) is 5.92 Å². The average Bonchev–Trinajstić information content (AvgIpc) is 3.08. The SMILES string of the molecule is C[C@H](CO)Cn1cc(CC2CCOC2)c2ccc(Br)cc21. The summed E-state index contributed by atoms with van der Waals surface area (Å²) in [7, 11) is 0. The Kier molecular flexibility index (Phi) is 4.67. The minimum Gasteiger partial charge on any atom is -0.396 e. The van der Waals surface area contributed by atoms with Gasteiger partial charge in [-0.3, -0.25) is 0 Å². The van der Waals surface area contributed by atoms with Crippen LogP contribution in [0, 0.1) is 11.8 Å². The van der Waals surface area contributed by atoms with Crippen LogP contribution in [0.3, 0.4) is 0 Å². The van der Waals surface area contributed by atoms with Crippen LogP contribution >= 0.6 is 15.9 Å². The Morgan fingerprint density at radius 1 is 1.48 bits per heavy atom. The molecule has 1 unspecified atom stereocenters. The highest BCUT2D eigenvalue weighted by Crippen LogP contribution is 2.29. The van der Waals surface area contributed by atoms with Gasteiger partial charge in [-0.2, -0.15) is 0 Å². The number of halogens is 1. The molecule has 2 aromatic rings. The van der Waals surface area contributed by atoms with Crippen LogP contribution in [0.1, 0.15) is 18.9 Å². The number of aliphatic hydroxyl groups is 1. The number of ether oxygens (including phenoxy) is 1. The second-order valence-corrected chi connectivity index (χ2v) is 7.11. The maximum Gasteiger partial charge on any atom is 0.0498 e. The van der Waals surface area contributed by atoms with E-state index in [1.165, 1.54) is 16.5 Å². The third kappa shape index (κ3) is 3.33. The summed E-state index contributed by atoms with van der Waals surface area (Å²) < 4.78 is 8.88. The molecule has 114 valence electrons. The molecule has 0 amide bonds. The predicted octanol–water partition coefficient (Wildman–Crippen LogP) is 3.61. The van der Waals surface area contributed by atoms with Crippen LogP contribution in [0.2, 0.25) is 0 Å². The Balaban J connectivity index is 1.95. The molecule has 1 N–H and O–H groups in total. The van der Waals surface area contributed by atoms with Crippen molar-refractivity contribution < 1.29 is 9.84 Å². The summed E-state index contributed by atoms with van der Waals surface area (Å²) in [6.07, 6.45) is 4.51. The number of hydrogen-bond donors (Lipinski definition) is 1. The Morgan fingerprint density at radius 2 is 2.33 bits per heavy atom. The summed E-state index contributed by atoms with van der Waals surface area (Å²) in [6, 6.07) is 6.48. The molecule has 1 aromatic carbocycles. The molecular formula is C17H22BrNO2. The average molecular weight is 352 g/mol.